The van der Waals surface area contributed by atoms with E-state index in [1.165, 1.54) is 32.1 Å². The van der Waals surface area contributed by atoms with E-state index < -0.39 is 0 Å². The van der Waals surface area contributed by atoms with Crippen LogP contribution in [-0.4, -0.2) is 42.7 Å². The van der Waals surface area contributed by atoms with Gasteiger partial charge in [-0.2, -0.15) is 0 Å². The number of aromatic amines is 1. The highest BCUT2D eigenvalue weighted by molar-refractivity contribution is 5.80. The van der Waals surface area contributed by atoms with Crippen LogP contribution in [0.4, 0.5) is 0 Å². The lowest BCUT2D eigenvalue weighted by atomic mass is 9.90. The first kappa shape index (κ1) is 24.9. The normalized spacial score (nSPS) is 18.5. The zero-order valence-electron chi connectivity index (χ0n) is 21.9. The van der Waals surface area contributed by atoms with Gasteiger partial charge in [0.15, 0.2) is 5.82 Å². The Morgan fingerprint density at radius 1 is 1.08 bits per heavy atom. The summed E-state index contributed by atoms with van der Waals surface area (Å²) in [5, 5.41) is 14.2. The molecule has 8 nitrogen and oxygen atoms in total. The molecule has 0 radical (unpaired) electrons. The molecule has 0 spiro atoms. The summed E-state index contributed by atoms with van der Waals surface area (Å²) in [6.07, 6.45) is 10.8. The highest BCUT2D eigenvalue weighted by atomic mass is 16.5. The van der Waals surface area contributed by atoms with Crippen LogP contribution in [0.5, 0.6) is 5.75 Å². The van der Waals surface area contributed by atoms with Crippen molar-refractivity contribution < 1.29 is 4.74 Å². The lowest BCUT2D eigenvalue weighted by Gasteiger charge is -2.41. The number of hydrogen-bond donors (Lipinski definition) is 1. The Bertz CT molecular complexity index is 1210. The first-order chi connectivity index (χ1) is 17.5. The number of pyridine rings is 1. The van der Waals surface area contributed by atoms with Crippen molar-refractivity contribution in [2.75, 3.05) is 6.61 Å². The minimum Gasteiger partial charge on any atom is -0.494 e. The highest BCUT2D eigenvalue weighted by Gasteiger charge is 2.36. The topological polar surface area (TPSA) is 88.9 Å². The van der Waals surface area contributed by atoms with E-state index >= 15 is 0 Å². The van der Waals surface area contributed by atoms with Gasteiger partial charge in [-0.3, -0.25) is 9.69 Å². The van der Waals surface area contributed by atoms with Gasteiger partial charge in [0.2, 0.25) is 0 Å². The number of hydrogen-bond acceptors (Lipinski definition) is 6. The SMILES string of the molecule is CCOc1ccc2[nH]c(=O)c(CN(C3CCCCC3)C(c3nnnn3C3CCCC3)C(C)C)cc2c1. The maximum Gasteiger partial charge on any atom is 0.252 e. The molecule has 0 bridgehead atoms. The lowest BCUT2D eigenvalue weighted by molar-refractivity contribution is 0.0598. The van der Waals surface area contributed by atoms with E-state index in [1.54, 1.807) is 0 Å². The van der Waals surface area contributed by atoms with E-state index in [4.69, 9.17) is 4.74 Å². The number of tetrazole rings is 1. The van der Waals surface area contributed by atoms with Gasteiger partial charge in [-0.05, 0) is 73.2 Å². The first-order valence-electron chi connectivity index (χ1n) is 13.9. The zero-order chi connectivity index (χ0) is 25.1. The number of nitrogens with zero attached hydrogens (tertiary/aromatic N) is 5. The first-order valence-corrected chi connectivity index (χ1v) is 13.9. The molecule has 36 heavy (non-hydrogen) atoms. The molecule has 0 saturated heterocycles. The van der Waals surface area contributed by atoms with Crippen LogP contribution < -0.4 is 10.3 Å². The molecule has 8 heteroatoms. The van der Waals surface area contributed by atoms with Crippen molar-refractivity contribution in [3.05, 3.63) is 46.0 Å². The van der Waals surface area contributed by atoms with Crippen LogP contribution in [0.2, 0.25) is 0 Å². The Balaban J connectivity index is 1.54. The molecule has 2 fully saturated rings. The van der Waals surface area contributed by atoms with Gasteiger partial charge >= 0.3 is 0 Å². The molecule has 5 rings (SSSR count). The number of H-pyrrole nitrogens is 1. The maximum atomic E-state index is 13.3. The molecule has 2 aliphatic rings. The molecule has 1 unspecified atom stereocenters. The minimum atomic E-state index is -0.0228. The number of ether oxygens (including phenoxy) is 1. The summed E-state index contributed by atoms with van der Waals surface area (Å²) in [6.45, 7) is 7.69. The van der Waals surface area contributed by atoms with Gasteiger partial charge in [-0.1, -0.05) is 46.0 Å². The Morgan fingerprint density at radius 3 is 2.56 bits per heavy atom. The third-order valence-corrected chi connectivity index (χ3v) is 8.04. The minimum absolute atomic E-state index is 0.0228. The van der Waals surface area contributed by atoms with Crippen LogP contribution in [0, 0.1) is 5.92 Å². The Morgan fingerprint density at radius 2 is 1.83 bits per heavy atom. The largest absolute Gasteiger partial charge is 0.494 e. The molecular weight excluding hydrogens is 452 g/mol. The maximum absolute atomic E-state index is 13.3. The van der Waals surface area contributed by atoms with Crippen molar-refractivity contribution in [3.63, 3.8) is 0 Å². The van der Waals surface area contributed by atoms with Gasteiger partial charge < -0.3 is 9.72 Å². The second-order valence-electron chi connectivity index (χ2n) is 10.9. The summed E-state index contributed by atoms with van der Waals surface area (Å²) in [6, 6.07) is 8.74. The third kappa shape index (κ3) is 5.19. The third-order valence-electron chi connectivity index (χ3n) is 8.04. The van der Waals surface area contributed by atoms with Crippen LogP contribution in [-0.2, 0) is 6.54 Å². The van der Waals surface area contributed by atoms with Gasteiger partial charge in [0.05, 0.1) is 18.7 Å². The summed E-state index contributed by atoms with van der Waals surface area (Å²) < 4.78 is 7.82. The summed E-state index contributed by atoms with van der Waals surface area (Å²) in [5.41, 5.74) is 1.60. The van der Waals surface area contributed by atoms with Crippen molar-refractivity contribution in [2.45, 2.75) is 103 Å². The summed E-state index contributed by atoms with van der Waals surface area (Å²) in [4.78, 5) is 18.9. The standard InChI is InChI=1S/C28H40N6O2/c1-4-36-24-14-15-25-20(17-24)16-21(28(35)29-25)18-33(22-10-6-5-7-11-22)26(19(2)3)27-30-31-32-34(27)23-12-8-9-13-23/h14-17,19,22-23,26H,4-13,18H2,1-3H3,(H,29,35). The van der Waals surface area contributed by atoms with Crippen LogP contribution in [0.1, 0.15) is 102 Å². The molecule has 2 aliphatic carbocycles. The molecular formula is C28H40N6O2. The molecule has 1 atom stereocenters. The molecule has 1 N–H and O–H groups in total. The summed E-state index contributed by atoms with van der Waals surface area (Å²) >= 11 is 0. The Hall–Kier alpha value is -2.74. The average Bonchev–Trinajstić information content (AvgIpc) is 3.57. The lowest BCUT2D eigenvalue weighted by Crippen LogP contribution is -2.43. The van der Waals surface area contributed by atoms with Gasteiger partial charge in [0.1, 0.15) is 5.75 Å². The molecule has 194 valence electrons. The molecule has 0 amide bonds. The fourth-order valence-electron chi connectivity index (χ4n) is 6.30. The van der Waals surface area contributed by atoms with Gasteiger partial charge in [-0.15, -0.1) is 5.10 Å². The molecule has 1 aromatic carbocycles. The van der Waals surface area contributed by atoms with E-state index in [2.05, 4.69) is 43.9 Å². The molecule has 3 aromatic rings. The smallest absolute Gasteiger partial charge is 0.252 e. The van der Waals surface area contributed by atoms with Crippen molar-refractivity contribution >= 4 is 10.9 Å². The van der Waals surface area contributed by atoms with Gasteiger partial charge in [0, 0.05) is 29.1 Å². The average molecular weight is 493 g/mol. The predicted octanol–water partition coefficient (Wildman–Crippen LogP) is 5.56. The second kappa shape index (κ2) is 11.1. The van der Waals surface area contributed by atoms with Crippen LogP contribution in [0.25, 0.3) is 10.9 Å². The Labute approximate surface area is 213 Å². The summed E-state index contributed by atoms with van der Waals surface area (Å²) in [5.74, 6) is 2.09. The highest BCUT2D eigenvalue weighted by Crippen LogP contribution is 2.38. The zero-order valence-corrected chi connectivity index (χ0v) is 21.9. The monoisotopic (exact) mass is 492 g/mol. The van der Waals surface area contributed by atoms with Crippen LogP contribution in [0.15, 0.2) is 29.1 Å². The number of aromatic nitrogens is 5. The number of benzene rings is 1. The fourth-order valence-corrected chi connectivity index (χ4v) is 6.30. The van der Waals surface area contributed by atoms with Crippen LogP contribution >= 0.6 is 0 Å². The second-order valence-corrected chi connectivity index (χ2v) is 10.9. The van der Waals surface area contributed by atoms with Crippen molar-refractivity contribution in [3.8, 4) is 5.75 Å². The molecule has 2 heterocycles. The number of rotatable bonds is 9. The van der Waals surface area contributed by atoms with E-state index in [0.717, 1.165) is 53.7 Å². The quantitative estimate of drug-likeness (QED) is 0.421. The van der Waals surface area contributed by atoms with E-state index in [0.29, 0.717) is 31.2 Å². The molecule has 2 saturated carbocycles. The van der Waals surface area contributed by atoms with E-state index in [-0.39, 0.29) is 11.6 Å². The molecule has 2 aromatic heterocycles. The van der Waals surface area contributed by atoms with Crippen molar-refractivity contribution in [1.29, 1.82) is 0 Å². The van der Waals surface area contributed by atoms with E-state index in [1.807, 2.05) is 31.2 Å². The summed E-state index contributed by atoms with van der Waals surface area (Å²) in [7, 11) is 0. The van der Waals surface area contributed by atoms with Crippen molar-refractivity contribution in [2.24, 2.45) is 5.92 Å². The fraction of sp³-hybridized carbons (Fsp3) is 0.643. The Kier molecular flexibility index (Phi) is 7.70. The number of nitrogens with one attached hydrogen (secondary N) is 1. The van der Waals surface area contributed by atoms with Gasteiger partial charge in [-0.25, -0.2) is 4.68 Å². The van der Waals surface area contributed by atoms with Crippen LogP contribution in [0.3, 0.4) is 0 Å². The number of fused-ring (bicyclic) bond motifs is 1. The van der Waals surface area contributed by atoms with Gasteiger partial charge in [0.25, 0.3) is 5.56 Å². The van der Waals surface area contributed by atoms with Crippen molar-refractivity contribution in [1.82, 2.24) is 30.1 Å². The van der Waals surface area contributed by atoms with E-state index in [9.17, 15) is 4.79 Å². The molecule has 0 aliphatic heterocycles. The predicted molar refractivity (Wildman–Crippen MR) is 141 cm³/mol.